The Morgan fingerprint density at radius 2 is 2.12 bits per heavy atom. The lowest BCUT2D eigenvalue weighted by atomic mass is 9.65. The molecule has 0 aromatic carbocycles. The van der Waals surface area contributed by atoms with Gasteiger partial charge in [0.05, 0.1) is 11.9 Å². The van der Waals surface area contributed by atoms with E-state index in [2.05, 4.69) is 4.72 Å². The number of aliphatic hydroxyl groups is 1. The molecule has 96 valence electrons. The van der Waals surface area contributed by atoms with Gasteiger partial charge in [0.25, 0.3) is 0 Å². The highest BCUT2D eigenvalue weighted by Gasteiger charge is 2.49. The summed E-state index contributed by atoms with van der Waals surface area (Å²) >= 11 is 0. The van der Waals surface area contributed by atoms with E-state index in [1.807, 2.05) is 13.8 Å². The maximum atomic E-state index is 11.6. The van der Waals surface area contributed by atoms with Gasteiger partial charge in [0.1, 0.15) is 0 Å². The molecular formula is C10H21NO4S. The summed E-state index contributed by atoms with van der Waals surface area (Å²) in [6.45, 7) is 3.88. The van der Waals surface area contributed by atoms with Crippen molar-refractivity contribution in [3.63, 3.8) is 0 Å². The predicted octanol–water partition coefficient (Wildman–Crippen LogP) is 0.102. The largest absolute Gasteiger partial charge is 0.396 e. The minimum atomic E-state index is -3.27. The van der Waals surface area contributed by atoms with Gasteiger partial charge in [0, 0.05) is 25.2 Å². The van der Waals surface area contributed by atoms with E-state index < -0.39 is 10.0 Å². The Hall–Kier alpha value is -0.170. The second-order valence-corrected chi connectivity index (χ2v) is 6.72. The third kappa shape index (κ3) is 2.94. The molecule has 2 N–H and O–H groups in total. The highest BCUT2D eigenvalue weighted by molar-refractivity contribution is 7.89. The Bertz CT molecular complexity index is 326. The van der Waals surface area contributed by atoms with Crippen LogP contribution >= 0.6 is 0 Å². The smallest absolute Gasteiger partial charge is 0.211 e. The normalized spacial score (nSPS) is 28.8. The van der Waals surface area contributed by atoms with Crippen molar-refractivity contribution in [2.75, 3.05) is 19.5 Å². The van der Waals surface area contributed by atoms with Crippen LogP contribution in [0.25, 0.3) is 0 Å². The molecule has 0 saturated heterocycles. The van der Waals surface area contributed by atoms with Crippen molar-refractivity contribution in [1.82, 2.24) is 4.72 Å². The first-order valence-corrected chi connectivity index (χ1v) is 7.12. The number of hydrogen-bond acceptors (Lipinski definition) is 4. The molecule has 1 aliphatic rings. The van der Waals surface area contributed by atoms with Crippen molar-refractivity contribution in [3.05, 3.63) is 0 Å². The van der Waals surface area contributed by atoms with Crippen LogP contribution in [0.4, 0.5) is 0 Å². The van der Waals surface area contributed by atoms with E-state index in [1.165, 1.54) is 0 Å². The second kappa shape index (κ2) is 5.00. The first-order chi connectivity index (χ1) is 7.33. The molecule has 0 heterocycles. The summed E-state index contributed by atoms with van der Waals surface area (Å²) in [5.41, 5.74) is -0.166. The van der Waals surface area contributed by atoms with Gasteiger partial charge in [-0.3, -0.25) is 0 Å². The van der Waals surface area contributed by atoms with Crippen molar-refractivity contribution in [1.29, 1.82) is 0 Å². The van der Waals surface area contributed by atoms with Gasteiger partial charge in [-0.25, -0.2) is 13.1 Å². The van der Waals surface area contributed by atoms with Gasteiger partial charge in [-0.1, -0.05) is 13.8 Å². The Morgan fingerprint density at radius 1 is 1.50 bits per heavy atom. The van der Waals surface area contributed by atoms with Crippen LogP contribution in [0.15, 0.2) is 0 Å². The van der Waals surface area contributed by atoms with Crippen LogP contribution in [0.3, 0.4) is 0 Å². The second-order valence-electron chi connectivity index (χ2n) is 4.85. The molecule has 0 spiro atoms. The number of sulfonamides is 1. The first kappa shape index (κ1) is 13.9. The molecule has 5 nitrogen and oxygen atoms in total. The van der Waals surface area contributed by atoms with E-state index in [9.17, 15) is 8.42 Å². The maximum absolute atomic E-state index is 11.6. The molecule has 2 atom stereocenters. The molecule has 1 fully saturated rings. The molecule has 0 aromatic heterocycles. The quantitative estimate of drug-likeness (QED) is 0.702. The average Bonchev–Trinajstić information content (AvgIpc) is 2.21. The van der Waals surface area contributed by atoms with Gasteiger partial charge in [0.2, 0.25) is 10.0 Å². The fraction of sp³-hybridized carbons (Fsp3) is 1.00. The van der Waals surface area contributed by atoms with Crippen molar-refractivity contribution >= 4 is 10.0 Å². The maximum Gasteiger partial charge on any atom is 0.211 e. The third-order valence-corrected chi connectivity index (χ3v) is 4.83. The molecule has 6 heteroatoms. The molecule has 0 amide bonds. The van der Waals surface area contributed by atoms with Gasteiger partial charge < -0.3 is 9.84 Å². The molecule has 1 saturated carbocycles. The molecule has 16 heavy (non-hydrogen) atoms. The molecule has 2 unspecified atom stereocenters. The van der Waals surface area contributed by atoms with Crippen LogP contribution in [-0.2, 0) is 14.8 Å². The molecular weight excluding hydrogens is 230 g/mol. The highest BCUT2D eigenvalue weighted by Crippen LogP contribution is 2.42. The van der Waals surface area contributed by atoms with E-state index in [1.54, 1.807) is 7.11 Å². The van der Waals surface area contributed by atoms with Crippen LogP contribution in [0.2, 0.25) is 0 Å². The summed E-state index contributed by atoms with van der Waals surface area (Å²) in [6.07, 6.45) is 1.09. The van der Waals surface area contributed by atoms with E-state index in [-0.39, 0.29) is 36.3 Å². The number of nitrogens with one attached hydrogen (secondary N) is 1. The van der Waals surface area contributed by atoms with Crippen LogP contribution in [0.5, 0.6) is 0 Å². The lowest BCUT2D eigenvalue weighted by molar-refractivity contribution is -0.0908. The van der Waals surface area contributed by atoms with Crippen molar-refractivity contribution < 1.29 is 18.3 Å². The lowest BCUT2D eigenvalue weighted by Crippen LogP contribution is -2.61. The SMILES string of the molecule is COC1CC(NS(=O)(=O)CCCO)C1(C)C. The topological polar surface area (TPSA) is 75.6 Å². The molecule has 1 rings (SSSR count). The summed E-state index contributed by atoms with van der Waals surface area (Å²) in [5.74, 6) is -0.0201. The van der Waals surface area contributed by atoms with Crippen molar-refractivity contribution in [2.45, 2.75) is 38.8 Å². The van der Waals surface area contributed by atoms with E-state index >= 15 is 0 Å². The number of rotatable bonds is 6. The minimum absolute atomic E-state index is 0.0201. The number of ether oxygens (including phenoxy) is 1. The van der Waals surface area contributed by atoms with Crippen LogP contribution in [-0.4, -0.2) is 45.1 Å². The summed E-state index contributed by atoms with van der Waals surface area (Å²) in [4.78, 5) is 0. The monoisotopic (exact) mass is 251 g/mol. The Balaban J connectivity index is 2.51. The standard InChI is InChI=1S/C10H21NO4S/c1-10(2)8(7-9(10)15-3)11-16(13,14)6-4-5-12/h8-9,11-12H,4-7H2,1-3H3. The van der Waals surface area contributed by atoms with Crippen molar-refractivity contribution in [2.24, 2.45) is 5.41 Å². The first-order valence-electron chi connectivity index (χ1n) is 5.47. The summed E-state index contributed by atoms with van der Waals surface area (Å²) in [6, 6.07) is -0.0684. The van der Waals surface area contributed by atoms with Gasteiger partial charge >= 0.3 is 0 Å². The van der Waals surface area contributed by atoms with Crippen LogP contribution < -0.4 is 4.72 Å². The number of methoxy groups -OCH3 is 1. The number of aliphatic hydroxyl groups excluding tert-OH is 1. The lowest BCUT2D eigenvalue weighted by Gasteiger charge is -2.50. The summed E-state index contributed by atoms with van der Waals surface area (Å²) in [7, 11) is -1.63. The van der Waals surface area contributed by atoms with E-state index in [0.29, 0.717) is 6.42 Å². The fourth-order valence-electron chi connectivity index (χ4n) is 2.02. The van der Waals surface area contributed by atoms with Crippen LogP contribution in [0, 0.1) is 5.41 Å². The minimum Gasteiger partial charge on any atom is -0.396 e. The summed E-state index contributed by atoms with van der Waals surface area (Å²) < 4.78 is 31.1. The summed E-state index contributed by atoms with van der Waals surface area (Å²) in [5, 5.41) is 8.61. The van der Waals surface area contributed by atoms with E-state index in [0.717, 1.165) is 0 Å². The molecule has 0 aliphatic heterocycles. The molecule has 1 aliphatic carbocycles. The molecule has 0 aromatic rings. The Morgan fingerprint density at radius 3 is 2.56 bits per heavy atom. The fourth-order valence-corrected chi connectivity index (χ4v) is 3.48. The van der Waals surface area contributed by atoms with Gasteiger partial charge in [0.15, 0.2) is 0 Å². The average molecular weight is 251 g/mol. The highest BCUT2D eigenvalue weighted by atomic mass is 32.2. The number of hydrogen-bond donors (Lipinski definition) is 2. The third-order valence-electron chi connectivity index (χ3n) is 3.36. The Labute approximate surface area is 97.2 Å². The Kier molecular flexibility index (Phi) is 4.34. The zero-order valence-corrected chi connectivity index (χ0v) is 10.9. The van der Waals surface area contributed by atoms with Gasteiger partial charge in [-0.05, 0) is 12.8 Å². The zero-order chi connectivity index (χ0) is 12.4. The predicted molar refractivity (Wildman–Crippen MR) is 61.6 cm³/mol. The zero-order valence-electron chi connectivity index (χ0n) is 10.1. The van der Waals surface area contributed by atoms with Gasteiger partial charge in [-0.15, -0.1) is 0 Å². The molecule has 0 bridgehead atoms. The van der Waals surface area contributed by atoms with Crippen LogP contribution in [0.1, 0.15) is 26.7 Å². The van der Waals surface area contributed by atoms with E-state index in [4.69, 9.17) is 9.84 Å². The van der Waals surface area contributed by atoms with Gasteiger partial charge in [-0.2, -0.15) is 0 Å². The molecule has 0 radical (unpaired) electrons. The van der Waals surface area contributed by atoms with Crippen molar-refractivity contribution in [3.8, 4) is 0 Å².